The third-order valence-corrected chi connectivity index (χ3v) is 1.89. The Morgan fingerprint density at radius 2 is 2.31 bits per heavy atom. The van der Waals surface area contributed by atoms with E-state index in [0.717, 1.165) is 0 Å². The minimum absolute atomic E-state index is 0.0191. The highest BCUT2D eigenvalue weighted by Crippen LogP contribution is 2.16. The van der Waals surface area contributed by atoms with Crippen molar-refractivity contribution in [1.82, 2.24) is 20.4 Å². The molecular formula is C9H9N5O2. The Bertz CT molecular complexity index is 505. The fraction of sp³-hybridized carbons (Fsp3) is 0.111. The van der Waals surface area contributed by atoms with Crippen LogP contribution >= 0.6 is 0 Å². The van der Waals surface area contributed by atoms with E-state index < -0.39 is 5.91 Å². The van der Waals surface area contributed by atoms with Crippen molar-refractivity contribution in [3.8, 4) is 11.5 Å². The topological polar surface area (TPSA) is 107 Å². The molecule has 0 atom stereocenters. The first kappa shape index (κ1) is 10.1. The third kappa shape index (κ3) is 1.83. The van der Waals surface area contributed by atoms with Gasteiger partial charge in [-0.3, -0.25) is 4.79 Å². The van der Waals surface area contributed by atoms with Gasteiger partial charge >= 0.3 is 0 Å². The molecule has 0 bridgehead atoms. The molecule has 0 aliphatic heterocycles. The lowest BCUT2D eigenvalue weighted by molar-refractivity contribution is 0.0950. The molecule has 82 valence electrons. The largest absolute Gasteiger partial charge is 0.384 e. The van der Waals surface area contributed by atoms with Crippen LogP contribution in [0.15, 0.2) is 22.9 Å². The van der Waals surface area contributed by atoms with Crippen LogP contribution < -0.4 is 11.1 Å². The van der Waals surface area contributed by atoms with Gasteiger partial charge in [-0.2, -0.15) is 4.98 Å². The summed E-state index contributed by atoms with van der Waals surface area (Å²) in [6.45, 7) is 0. The van der Waals surface area contributed by atoms with E-state index in [2.05, 4.69) is 20.4 Å². The highest BCUT2D eigenvalue weighted by Gasteiger charge is 2.14. The van der Waals surface area contributed by atoms with Crippen LogP contribution in [0.1, 0.15) is 10.6 Å². The second-order valence-corrected chi connectivity index (χ2v) is 2.97. The van der Waals surface area contributed by atoms with Crippen molar-refractivity contribution in [1.29, 1.82) is 0 Å². The molecule has 1 amide bonds. The highest BCUT2D eigenvalue weighted by molar-refractivity contribution is 5.90. The van der Waals surface area contributed by atoms with E-state index in [1.165, 1.54) is 13.2 Å². The predicted molar refractivity (Wildman–Crippen MR) is 55.3 cm³/mol. The molecule has 0 saturated carbocycles. The molecule has 0 fully saturated rings. The first-order valence-electron chi connectivity index (χ1n) is 4.48. The minimum atomic E-state index is -0.404. The van der Waals surface area contributed by atoms with Crippen LogP contribution in [0.5, 0.6) is 0 Å². The molecule has 0 radical (unpaired) electrons. The van der Waals surface area contributed by atoms with Crippen LogP contribution in [0.25, 0.3) is 11.5 Å². The molecule has 2 aromatic rings. The van der Waals surface area contributed by atoms with Gasteiger partial charge in [0.15, 0.2) is 0 Å². The van der Waals surface area contributed by atoms with Crippen LogP contribution in [0.3, 0.4) is 0 Å². The number of amides is 1. The molecular weight excluding hydrogens is 210 g/mol. The van der Waals surface area contributed by atoms with E-state index in [9.17, 15) is 4.79 Å². The van der Waals surface area contributed by atoms with Crippen molar-refractivity contribution >= 4 is 11.7 Å². The zero-order valence-electron chi connectivity index (χ0n) is 8.47. The highest BCUT2D eigenvalue weighted by atomic mass is 16.5. The summed E-state index contributed by atoms with van der Waals surface area (Å²) in [5, 5.41) is 5.92. The van der Waals surface area contributed by atoms with Crippen LogP contribution in [0, 0.1) is 0 Å². The molecule has 0 spiro atoms. The Hall–Kier alpha value is -2.44. The van der Waals surface area contributed by atoms with Gasteiger partial charge in [0, 0.05) is 13.2 Å². The van der Waals surface area contributed by atoms with Gasteiger partial charge in [0.1, 0.15) is 5.82 Å². The summed E-state index contributed by atoms with van der Waals surface area (Å²) in [7, 11) is 1.49. The number of pyridine rings is 1. The number of nitrogens with two attached hydrogens (primary N) is 1. The number of nitrogen functional groups attached to an aromatic ring is 1. The number of carbonyl (C=O) groups is 1. The van der Waals surface area contributed by atoms with Gasteiger partial charge in [-0.15, -0.1) is 0 Å². The summed E-state index contributed by atoms with van der Waals surface area (Å²) < 4.78 is 4.91. The average Bonchev–Trinajstić information content (AvgIpc) is 2.78. The Kier molecular flexibility index (Phi) is 2.50. The lowest BCUT2D eigenvalue weighted by atomic mass is 10.3. The molecule has 0 aliphatic carbocycles. The van der Waals surface area contributed by atoms with Gasteiger partial charge in [-0.05, 0) is 12.1 Å². The zero-order chi connectivity index (χ0) is 11.5. The van der Waals surface area contributed by atoms with Gasteiger partial charge < -0.3 is 15.6 Å². The van der Waals surface area contributed by atoms with Crippen LogP contribution in [0.2, 0.25) is 0 Å². The molecule has 3 N–H and O–H groups in total. The smallest absolute Gasteiger partial charge is 0.292 e. The molecule has 7 nitrogen and oxygen atoms in total. The molecule has 2 rings (SSSR count). The van der Waals surface area contributed by atoms with Crippen molar-refractivity contribution in [3.63, 3.8) is 0 Å². The van der Waals surface area contributed by atoms with E-state index in [1.807, 2.05) is 0 Å². The van der Waals surface area contributed by atoms with E-state index in [1.54, 1.807) is 12.1 Å². The normalized spacial score (nSPS) is 10.1. The van der Waals surface area contributed by atoms with Crippen molar-refractivity contribution < 1.29 is 9.32 Å². The molecule has 0 aromatic carbocycles. The van der Waals surface area contributed by atoms with Crippen molar-refractivity contribution in [2.75, 3.05) is 12.8 Å². The maximum atomic E-state index is 11.2. The Morgan fingerprint density at radius 3 is 2.94 bits per heavy atom. The Balaban J connectivity index is 2.31. The fourth-order valence-electron chi connectivity index (χ4n) is 1.08. The van der Waals surface area contributed by atoms with Crippen molar-refractivity contribution in [2.45, 2.75) is 0 Å². The summed E-state index contributed by atoms with van der Waals surface area (Å²) in [4.78, 5) is 19.0. The summed E-state index contributed by atoms with van der Waals surface area (Å²) in [5.74, 6) is 0.202. The standard InChI is InChI=1S/C9H9N5O2/c1-11-8(15)7-13-9(16-14-7)5-2-3-6(10)12-4-5/h2-4H,1H3,(H2,10,12)(H,11,15). The first-order chi connectivity index (χ1) is 7.70. The van der Waals surface area contributed by atoms with Gasteiger partial charge in [-0.25, -0.2) is 4.98 Å². The minimum Gasteiger partial charge on any atom is -0.384 e. The van der Waals surface area contributed by atoms with Crippen LogP contribution in [-0.2, 0) is 0 Å². The van der Waals surface area contributed by atoms with Crippen molar-refractivity contribution in [2.24, 2.45) is 0 Å². The molecule has 2 heterocycles. The molecule has 2 aromatic heterocycles. The van der Waals surface area contributed by atoms with E-state index in [-0.39, 0.29) is 11.7 Å². The van der Waals surface area contributed by atoms with E-state index in [0.29, 0.717) is 11.4 Å². The predicted octanol–water partition coefficient (Wildman–Crippen LogP) is 0.0734. The second kappa shape index (κ2) is 3.97. The second-order valence-electron chi connectivity index (χ2n) is 2.97. The number of nitrogens with zero attached hydrogens (tertiary/aromatic N) is 3. The summed E-state index contributed by atoms with van der Waals surface area (Å²) in [6.07, 6.45) is 1.50. The van der Waals surface area contributed by atoms with Crippen LogP contribution in [-0.4, -0.2) is 28.1 Å². The number of rotatable bonds is 2. The van der Waals surface area contributed by atoms with Crippen LogP contribution in [0.4, 0.5) is 5.82 Å². The quantitative estimate of drug-likeness (QED) is 0.740. The van der Waals surface area contributed by atoms with Gasteiger partial charge in [-0.1, -0.05) is 5.16 Å². The molecule has 0 saturated heterocycles. The SMILES string of the molecule is CNC(=O)c1noc(-c2ccc(N)nc2)n1. The molecule has 7 heteroatoms. The monoisotopic (exact) mass is 219 g/mol. The maximum Gasteiger partial charge on any atom is 0.292 e. The lowest BCUT2D eigenvalue weighted by Gasteiger charge is -1.93. The van der Waals surface area contributed by atoms with Gasteiger partial charge in [0.25, 0.3) is 17.6 Å². The Labute approximate surface area is 90.7 Å². The number of aromatic nitrogens is 3. The van der Waals surface area contributed by atoms with Gasteiger partial charge in [0.05, 0.1) is 5.56 Å². The summed E-state index contributed by atoms with van der Waals surface area (Å²) in [6, 6.07) is 3.29. The first-order valence-corrected chi connectivity index (χ1v) is 4.48. The number of anilines is 1. The fourth-order valence-corrected chi connectivity index (χ4v) is 1.08. The number of nitrogens with one attached hydrogen (secondary N) is 1. The number of hydrogen-bond acceptors (Lipinski definition) is 6. The zero-order valence-corrected chi connectivity index (χ0v) is 8.47. The maximum absolute atomic E-state index is 11.2. The summed E-state index contributed by atoms with van der Waals surface area (Å²) >= 11 is 0. The van der Waals surface area contributed by atoms with Gasteiger partial charge in [0.2, 0.25) is 0 Å². The Morgan fingerprint density at radius 1 is 1.50 bits per heavy atom. The average molecular weight is 219 g/mol. The lowest BCUT2D eigenvalue weighted by Crippen LogP contribution is -2.19. The molecule has 16 heavy (non-hydrogen) atoms. The van der Waals surface area contributed by atoms with E-state index in [4.69, 9.17) is 10.3 Å². The number of hydrogen-bond donors (Lipinski definition) is 2. The molecule has 0 aliphatic rings. The number of carbonyl (C=O) groups excluding carboxylic acids is 1. The summed E-state index contributed by atoms with van der Waals surface area (Å²) in [5.41, 5.74) is 6.05. The van der Waals surface area contributed by atoms with Crippen molar-refractivity contribution in [3.05, 3.63) is 24.2 Å². The third-order valence-electron chi connectivity index (χ3n) is 1.89. The van der Waals surface area contributed by atoms with E-state index >= 15 is 0 Å². The molecule has 0 unspecified atom stereocenters.